The average Bonchev–Trinajstić information content (AvgIpc) is 2.66. The third kappa shape index (κ3) is 4.46. The van der Waals surface area contributed by atoms with Gasteiger partial charge in [-0.25, -0.2) is 0 Å². The molecule has 0 spiro atoms. The highest BCUT2D eigenvalue weighted by molar-refractivity contribution is 5.97. The summed E-state index contributed by atoms with van der Waals surface area (Å²) in [7, 11) is 0. The number of benzene rings is 1. The molecule has 0 aromatic heterocycles. The Morgan fingerprint density at radius 1 is 1.21 bits per heavy atom. The third-order valence-electron chi connectivity index (χ3n) is 4.10. The van der Waals surface area contributed by atoms with Crippen LogP contribution in [0.15, 0.2) is 30.3 Å². The van der Waals surface area contributed by atoms with Gasteiger partial charge in [0.2, 0.25) is 0 Å². The molecule has 1 saturated heterocycles. The van der Waals surface area contributed by atoms with Crippen LogP contribution in [-0.4, -0.2) is 30.3 Å². The fraction of sp³-hybridized carbons (Fsp3) is 0.588. The lowest BCUT2D eigenvalue weighted by molar-refractivity contribution is 0.0932. The van der Waals surface area contributed by atoms with E-state index in [0.29, 0.717) is 6.54 Å². The molecule has 0 saturated carbocycles. The Balaban J connectivity index is 1.84. The Morgan fingerprint density at radius 2 is 2.00 bits per heavy atom. The number of nitrogens with zero attached hydrogens (tertiary/aromatic N) is 1. The van der Waals surface area contributed by atoms with Gasteiger partial charge in [0.15, 0.2) is 5.78 Å². The number of hydrogen-bond donors (Lipinski definition) is 0. The van der Waals surface area contributed by atoms with Crippen LogP contribution in [0.3, 0.4) is 0 Å². The molecule has 19 heavy (non-hydrogen) atoms. The van der Waals surface area contributed by atoms with E-state index in [1.54, 1.807) is 0 Å². The van der Waals surface area contributed by atoms with Crippen LogP contribution < -0.4 is 0 Å². The van der Waals surface area contributed by atoms with Crippen molar-refractivity contribution in [2.45, 2.75) is 39.0 Å². The Labute approximate surface area is 116 Å². The normalized spacial score (nSPS) is 21.0. The second-order valence-corrected chi connectivity index (χ2v) is 5.65. The Bertz CT molecular complexity index is 388. The van der Waals surface area contributed by atoms with Crippen LogP contribution in [0.4, 0.5) is 0 Å². The lowest BCUT2D eigenvalue weighted by Gasteiger charge is -2.19. The highest BCUT2D eigenvalue weighted by atomic mass is 16.1. The Hall–Kier alpha value is -1.15. The molecule has 0 aliphatic carbocycles. The first-order chi connectivity index (χ1) is 9.29. The number of carbonyl (C=O) groups excluding carboxylic acids is 1. The first-order valence-electron chi connectivity index (χ1n) is 7.60. The van der Waals surface area contributed by atoms with Gasteiger partial charge in [-0.3, -0.25) is 9.69 Å². The monoisotopic (exact) mass is 259 g/mol. The van der Waals surface area contributed by atoms with E-state index in [4.69, 9.17) is 0 Å². The van der Waals surface area contributed by atoms with Crippen molar-refractivity contribution in [3.63, 3.8) is 0 Å². The maximum absolute atomic E-state index is 12.2. The number of likely N-dealkylation sites (tertiary alicyclic amines) is 1. The van der Waals surface area contributed by atoms with Crippen LogP contribution >= 0.6 is 0 Å². The minimum atomic E-state index is 0.259. The molecule has 0 bridgehead atoms. The second kappa shape index (κ2) is 7.44. The largest absolute Gasteiger partial charge is 0.296 e. The van der Waals surface area contributed by atoms with Crippen LogP contribution in [0, 0.1) is 5.92 Å². The van der Waals surface area contributed by atoms with E-state index in [0.717, 1.165) is 24.6 Å². The minimum absolute atomic E-state index is 0.259. The molecule has 1 aromatic rings. The van der Waals surface area contributed by atoms with Crippen molar-refractivity contribution in [3.05, 3.63) is 35.9 Å². The lowest BCUT2D eigenvalue weighted by atomic mass is 9.96. The van der Waals surface area contributed by atoms with Gasteiger partial charge in [-0.15, -0.1) is 0 Å². The summed E-state index contributed by atoms with van der Waals surface area (Å²) in [5.41, 5.74) is 0.844. The smallest absolute Gasteiger partial charge is 0.176 e. The lowest BCUT2D eigenvalue weighted by Crippen LogP contribution is -2.31. The van der Waals surface area contributed by atoms with Gasteiger partial charge in [0.05, 0.1) is 6.54 Å². The number of Topliss-reactive ketones (excluding diaryl/α,β-unsaturated/α-hetero) is 1. The van der Waals surface area contributed by atoms with Crippen LogP contribution in [-0.2, 0) is 0 Å². The zero-order valence-electron chi connectivity index (χ0n) is 12.0. The van der Waals surface area contributed by atoms with E-state index in [9.17, 15) is 4.79 Å². The molecule has 2 nitrogen and oxygen atoms in total. The van der Waals surface area contributed by atoms with Crippen molar-refractivity contribution in [2.24, 2.45) is 5.92 Å². The maximum Gasteiger partial charge on any atom is 0.176 e. The molecule has 0 radical (unpaired) electrons. The van der Waals surface area contributed by atoms with Crippen LogP contribution in [0.1, 0.15) is 49.4 Å². The first-order valence-corrected chi connectivity index (χ1v) is 7.60. The van der Waals surface area contributed by atoms with E-state index in [2.05, 4.69) is 11.8 Å². The van der Waals surface area contributed by atoms with Crippen LogP contribution in [0.5, 0.6) is 0 Å². The summed E-state index contributed by atoms with van der Waals surface area (Å²) in [6, 6.07) is 9.66. The topological polar surface area (TPSA) is 20.3 Å². The molecular formula is C17H25NO. The standard InChI is InChI=1S/C17H25NO/c1-2-7-15-8-6-12-18(13-11-15)14-17(19)16-9-4-3-5-10-16/h3-5,9-10,15H,2,6-8,11-14H2,1H3. The summed E-state index contributed by atoms with van der Waals surface area (Å²) in [5, 5.41) is 0. The van der Waals surface area contributed by atoms with Gasteiger partial charge in [0.1, 0.15) is 0 Å². The van der Waals surface area contributed by atoms with Crippen molar-refractivity contribution in [1.29, 1.82) is 0 Å². The van der Waals surface area contributed by atoms with E-state index in [1.165, 1.54) is 32.1 Å². The molecule has 0 N–H and O–H groups in total. The summed E-state index contributed by atoms with van der Waals surface area (Å²) in [4.78, 5) is 14.5. The first kappa shape index (κ1) is 14.3. The van der Waals surface area contributed by atoms with Gasteiger partial charge in [-0.2, -0.15) is 0 Å². The van der Waals surface area contributed by atoms with Crippen molar-refractivity contribution < 1.29 is 4.79 Å². The SMILES string of the molecule is CCCC1CCCN(CC(=O)c2ccccc2)CC1. The van der Waals surface area contributed by atoms with Gasteiger partial charge in [0.25, 0.3) is 0 Å². The molecule has 1 atom stereocenters. The van der Waals surface area contributed by atoms with Gasteiger partial charge >= 0.3 is 0 Å². The Kier molecular flexibility index (Phi) is 5.59. The second-order valence-electron chi connectivity index (χ2n) is 5.65. The van der Waals surface area contributed by atoms with E-state index in [1.807, 2.05) is 30.3 Å². The van der Waals surface area contributed by atoms with E-state index in [-0.39, 0.29) is 5.78 Å². The van der Waals surface area contributed by atoms with Crippen molar-refractivity contribution in [2.75, 3.05) is 19.6 Å². The summed E-state index contributed by atoms with van der Waals surface area (Å²) >= 11 is 0. The fourth-order valence-corrected chi connectivity index (χ4v) is 3.00. The molecule has 0 amide bonds. The summed E-state index contributed by atoms with van der Waals surface area (Å²) in [6.45, 7) is 5.02. The van der Waals surface area contributed by atoms with Gasteiger partial charge in [-0.05, 0) is 38.3 Å². The third-order valence-corrected chi connectivity index (χ3v) is 4.10. The number of rotatable bonds is 5. The molecule has 1 fully saturated rings. The predicted octanol–water partition coefficient (Wildman–Crippen LogP) is 3.77. The summed E-state index contributed by atoms with van der Waals surface area (Å²) in [6.07, 6.45) is 6.47. The zero-order chi connectivity index (χ0) is 13.5. The fourth-order valence-electron chi connectivity index (χ4n) is 3.00. The zero-order valence-corrected chi connectivity index (χ0v) is 12.0. The van der Waals surface area contributed by atoms with E-state index < -0.39 is 0 Å². The maximum atomic E-state index is 12.2. The van der Waals surface area contributed by atoms with Crippen molar-refractivity contribution >= 4 is 5.78 Å². The van der Waals surface area contributed by atoms with Crippen LogP contribution in [0.25, 0.3) is 0 Å². The van der Waals surface area contributed by atoms with Gasteiger partial charge < -0.3 is 0 Å². The number of hydrogen-bond acceptors (Lipinski definition) is 2. The van der Waals surface area contributed by atoms with Crippen LogP contribution in [0.2, 0.25) is 0 Å². The quantitative estimate of drug-likeness (QED) is 0.750. The van der Waals surface area contributed by atoms with Crippen molar-refractivity contribution in [3.8, 4) is 0 Å². The van der Waals surface area contributed by atoms with Crippen molar-refractivity contribution in [1.82, 2.24) is 4.90 Å². The summed E-state index contributed by atoms with van der Waals surface area (Å²) < 4.78 is 0. The average molecular weight is 259 g/mol. The molecule has 104 valence electrons. The van der Waals surface area contributed by atoms with E-state index >= 15 is 0 Å². The molecule has 2 heteroatoms. The molecule has 2 rings (SSSR count). The molecule has 1 heterocycles. The molecular weight excluding hydrogens is 234 g/mol. The highest BCUT2D eigenvalue weighted by Gasteiger charge is 2.18. The molecule has 1 aromatic carbocycles. The molecule has 1 unspecified atom stereocenters. The van der Waals surface area contributed by atoms with Gasteiger partial charge in [-0.1, -0.05) is 50.1 Å². The Morgan fingerprint density at radius 3 is 2.74 bits per heavy atom. The highest BCUT2D eigenvalue weighted by Crippen LogP contribution is 2.21. The summed E-state index contributed by atoms with van der Waals surface area (Å²) in [5.74, 6) is 1.14. The molecule has 1 aliphatic rings. The molecule has 1 aliphatic heterocycles. The minimum Gasteiger partial charge on any atom is -0.296 e. The number of carbonyl (C=O) groups is 1. The number of ketones is 1. The predicted molar refractivity (Wildman–Crippen MR) is 79.5 cm³/mol. The van der Waals surface area contributed by atoms with Gasteiger partial charge in [0, 0.05) is 5.56 Å².